The molecule has 0 radical (unpaired) electrons. The Balaban J connectivity index is 1.36. The van der Waals surface area contributed by atoms with Crippen molar-refractivity contribution in [3.63, 3.8) is 0 Å². The highest BCUT2D eigenvalue weighted by Gasteiger charge is 2.27. The summed E-state index contributed by atoms with van der Waals surface area (Å²) in [6.07, 6.45) is 3.51. The number of morpholine rings is 1. The third-order valence-corrected chi connectivity index (χ3v) is 5.89. The smallest absolute Gasteiger partial charge is 0.257 e. The number of piperidine rings is 1. The van der Waals surface area contributed by atoms with E-state index >= 15 is 0 Å². The van der Waals surface area contributed by atoms with E-state index in [1.165, 1.54) is 12.1 Å². The van der Waals surface area contributed by atoms with E-state index in [1.807, 2.05) is 6.92 Å². The molecule has 1 aromatic carbocycles. The number of nitrogens with zero attached hydrogens (tertiary/aromatic N) is 4. The van der Waals surface area contributed by atoms with Crippen LogP contribution in [0.15, 0.2) is 30.5 Å². The van der Waals surface area contributed by atoms with Crippen LogP contribution in [0.2, 0.25) is 0 Å². The minimum atomic E-state index is -0.338. The number of hydrogen-bond acceptors (Lipinski definition) is 6. The Morgan fingerprint density at radius 3 is 2.66 bits per heavy atom. The van der Waals surface area contributed by atoms with Gasteiger partial charge in [-0.1, -0.05) is 0 Å². The first-order valence-electron chi connectivity index (χ1n) is 11.0. The molecule has 2 aliphatic heterocycles. The summed E-state index contributed by atoms with van der Waals surface area (Å²) in [5, 5.41) is 2.80. The molecular formula is C23H28FN5O3. The number of aryl methyl sites for hydroxylation is 1. The molecule has 2 amide bonds. The summed E-state index contributed by atoms with van der Waals surface area (Å²) < 4.78 is 18.4. The molecule has 1 N–H and O–H groups in total. The van der Waals surface area contributed by atoms with Gasteiger partial charge < -0.3 is 15.0 Å². The number of carbonyl (C=O) groups is 2. The first-order chi connectivity index (χ1) is 15.5. The van der Waals surface area contributed by atoms with Crippen LogP contribution < -0.4 is 5.32 Å². The minimum absolute atomic E-state index is 0.0555. The van der Waals surface area contributed by atoms with Crippen molar-refractivity contribution in [1.82, 2.24) is 19.8 Å². The van der Waals surface area contributed by atoms with E-state index in [0.717, 1.165) is 19.4 Å². The Morgan fingerprint density at radius 1 is 1.19 bits per heavy atom. The SMILES string of the molecule is Cc1nc(C2CCCN(CC(=O)Nc3ccc(F)cc3)C2)ncc1C(=O)N1CCOCC1. The van der Waals surface area contributed by atoms with Gasteiger partial charge in [0.05, 0.1) is 31.0 Å². The Bertz CT molecular complexity index is 963. The Labute approximate surface area is 186 Å². The van der Waals surface area contributed by atoms with Gasteiger partial charge >= 0.3 is 0 Å². The van der Waals surface area contributed by atoms with Gasteiger partial charge in [-0.3, -0.25) is 14.5 Å². The minimum Gasteiger partial charge on any atom is -0.378 e. The van der Waals surface area contributed by atoms with Crippen molar-refractivity contribution in [1.29, 1.82) is 0 Å². The van der Waals surface area contributed by atoms with Crippen molar-refractivity contribution in [2.24, 2.45) is 0 Å². The molecule has 0 spiro atoms. The molecule has 2 aliphatic rings. The van der Waals surface area contributed by atoms with Crippen LogP contribution in [-0.4, -0.2) is 77.5 Å². The van der Waals surface area contributed by atoms with Crippen LogP contribution in [0.5, 0.6) is 0 Å². The van der Waals surface area contributed by atoms with Crippen molar-refractivity contribution in [2.45, 2.75) is 25.7 Å². The summed E-state index contributed by atoms with van der Waals surface area (Å²) in [5.74, 6) is 0.286. The number of anilines is 1. The lowest BCUT2D eigenvalue weighted by Crippen LogP contribution is -2.41. The van der Waals surface area contributed by atoms with Crippen LogP contribution in [0.3, 0.4) is 0 Å². The van der Waals surface area contributed by atoms with Gasteiger partial charge in [0, 0.05) is 37.4 Å². The van der Waals surface area contributed by atoms with Crippen molar-refractivity contribution < 1.29 is 18.7 Å². The second-order valence-corrected chi connectivity index (χ2v) is 8.26. The predicted octanol–water partition coefficient (Wildman–Crippen LogP) is 2.21. The molecule has 3 heterocycles. The molecular weight excluding hydrogens is 413 g/mol. The second kappa shape index (κ2) is 10.1. The van der Waals surface area contributed by atoms with Gasteiger partial charge in [-0.2, -0.15) is 0 Å². The highest BCUT2D eigenvalue weighted by Crippen LogP contribution is 2.25. The lowest BCUT2D eigenvalue weighted by atomic mass is 9.97. The van der Waals surface area contributed by atoms with Gasteiger partial charge in [-0.25, -0.2) is 14.4 Å². The van der Waals surface area contributed by atoms with Crippen molar-refractivity contribution >= 4 is 17.5 Å². The number of benzene rings is 1. The van der Waals surface area contributed by atoms with E-state index in [1.54, 1.807) is 23.2 Å². The summed E-state index contributed by atoms with van der Waals surface area (Å²) in [4.78, 5) is 38.2. The fraction of sp³-hybridized carbons (Fsp3) is 0.478. The molecule has 2 fully saturated rings. The fourth-order valence-corrected chi connectivity index (χ4v) is 4.18. The van der Waals surface area contributed by atoms with E-state index in [-0.39, 0.29) is 30.1 Å². The normalized spacial score (nSPS) is 19.6. The Morgan fingerprint density at radius 2 is 1.94 bits per heavy atom. The van der Waals surface area contributed by atoms with Crippen molar-refractivity contribution in [3.05, 3.63) is 53.4 Å². The fourth-order valence-electron chi connectivity index (χ4n) is 4.18. The third-order valence-electron chi connectivity index (χ3n) is 5.89. The molecule has 2 saturated heterocycles. The highest BCUT2D eigenvalue weighted by molar-refractivity contribution is 5.95. The van der Waals surface area contributed by atoms with Crippen LogP contribution in [0, 0.1) is 12.7 Å². The monoisotopic (exact) mass is 441 g/mol. The number of likely N-dealkylation sites (tertiary alicyclic amines) is 1. The number of aromatic nitrogens is 2. The first kappa shape index (κ1) is 22.3. The Kier molecular flexibility index (Phi) is 7.06. The number of ether oxygens (including phenoxy) is 1. The lowest BCUT2D eigenvalue weighted by Gasteiger charge is -2.31. The number of halogens is 1. The standard InChI is InChI=1S/C23H28FN5O3/c1-16-20(23(31)29-9-11-32-12-10-29)13-25-22(26-16)17-3-2-8-28(14-17)15-21(30)27-19-6-4-18(24)5-7-19/h4-7,13,17H,2-3,8-12,14-15H2,1H3,(H,27,30). The average molecular weight is 442 g/mol. The summed E-state index contributed by atoms with van der Waals surface area (Å²) >= 11 is 0. The van der Waals surface area contributed by atoms with Crippen LogP contribution >= 0.6 is 0 Å². The number of hydrogen-bond donors (Lipinski definition) is 1. The molecule has 170 valence electrons. The molecule has 0 saturated carbocycles. The van der Waals surface area contributed by atoms with Gasteiger partial charge in [0.25, 0.3) is 5.91 Å². The quantitative estimate of drug-likeness (QED) is 0.766. The van der Waals surface area contributed by atoms with Crippen LogP contribution in [0.4, 0.5) is 10.1 Å². The zero-order valence-electron chi connectivity index (χ0n) is 18.2. The highest BCUT2D eigenvalue weighted by atomic mass is 19.1. The van der Waals surface area contributed by atoms with E-state index in [4.69, 9.17) is 4.74 Å². The van der Waals surface area contributed by atoms with E-state index < -0.39 is 0 Å². The number of carbonyl (C=O) groups excluding carboxylic acids is 2. The molecule has 4 rings (SSSR count). The van der Waals surface area contributed by atoms with Crippen LogP contribution in [-0.2, 0) is 9.53 Å². The molecule has 8 nitrogen and oxygen atoms in total. The molecule has 2 aromatic rings. The maximum Gasteiger partial charge on any atom is 0.257 e. The molecule has 0 aliphatic carbocycles. The number of rotatable bonds is 5. The van der Waals surface area contributed by atoms with Crippen molar-refractivity contribution in [2.75, 3.05) is 51.3 Å². The second-order valence-electron chi connectivity index (χ2n) is 8.26. The lowest BCUT2D eigenvalue weighted by molar-refractivity contribution is -0.117. The van der Waals surface area contributed by atoms with E-state index in [2.05, 4.69) is 20.2 Å². The summed E-state index contributed by atoms with van der Waals surface area (Å²) in [7, 11) is 0. The summed E-state index contributed by atoms with van der Waals surface area (Å²) in [6.45, 7) is 5.85. The summed E-state index contributed by atoms with van der Waals surface area (Å²) in [5.41, 5.74) is 1.78. The first-order valence-corrected chi connectivity index (χ1v) is 11.0. The number of nitrogens with one attached hydrogen (secondary N) is 1. The maximum absolute atomic E-state index is 13.0. The van der Waals surface area contributed by atoms with E-state index in [9.17, 15) is 14.0 Å². The van der Waals surface area contributed by atoms with Crippen LogP contribution in [0.1, 0.15) is 40.6 Å². The summed E-state index contributed by atoms with van der Waals surface area (Å²) in [6, 6.07) is 5.73. The molecule has 9 heteroatoms. The van der Waals surface area contributed by atoms with Crippen molar-refractivity contribution in [3.8, 4) is 0 Å². The van der Waals surface area contributed by atoms with E-state index in [0.29, 0.717) is 55.6 Å². The largest absolute Gasteiger partial charge is 0.378 e. The molecule has 0 bridgehead atoms. The van der Waals surface area contributed by atoms with Gasteiger partial charge in [-0.05, 0) is 50.6 Å². The maximum atomic E-state index is 13.0. The third kappa shape index (κ3) is 5.46. The average Bonchev–Trinajstić information content (AvgIpc) is 2.81. The predicted molar refractivity (Wildman–Crippen MR) is 117 cm³/mol. The zero-order chi connectivity index (χ0) is 22.5. The van der Waals surface area contributed by atoms with Gasteiger partial charge in [0.2, 0.25) is 5.91 Å². The number of amides is 2. The van der Waals surface area contributed by atoms with Gasteiger partial charge in [-0.15, -0.1) is 0 Å². The zero-order valence-corrected chi connectivity index (χ0v) is 18.2. The topological polar surface area (TPSA) is 87.7 Å². The molecule has 1 unspecified atom stereocenters. The van der Waals surface area contributed by atoms with Gasteiger partial charge in [0.1, 0.15) is 11.6 Å². The molecule has 1 atom stereocenters. The molecule has 32 heavy (non-hydrogen) atoms. The Hall–Kier alpha value is -2.91. The van der Waals surface area contributed by atoms with Crippen LogP contribution in [0.25, 0.3) is 0 Å². The van der Waals surface area contributed by atoms with Gasteiger partial charge in [0.15, 0.2) is 0 Å². The molecule has 1 aromatic heterocycles.